The topological polar surface area (TPSA) is 146 Å². The highest BCUT2D eigenvalue weighted by atomic mass is 32.2. The molecule has 0 spiro atoms. The number of nitrogens with zero attached hydrogens (tertiary/aromatic N) is 1. The van der Waals surface area contributed by atoms with Crippen LogP contribution in [0.2, 0.25) is 0 Å². The molecule has 1 aliphatic rings. The van der Waals surface area contributed by atoms with E-state index in [2.05, 4.69) is 16.0 Å². The van der Waals surface area contributed by atoms with Crippen molar-refractivity contribution in [2.45, 2.75) is 50.3 Å². The van der Waals surface area contributed by atoms with Gasteiger partial charge in [0.25, 0.3) is 0 Å². The Balaban J connectivity index is 1.84. The average Bonchev–Trinajstić information content (AvgIpc) is 2.92. The lowest BCUT2D eigenvalue weighted by atomic mass is 10.0. The molecule has 4 N–H and O–H groups in total. The highest BCUT2D eigenvalue weighted by Gasteiger charge is 2.33. The summed E-state index contributed by atoms with van der Waals surface area (Å²) in [6.07, 6.45) is -1.00. The predicted octanol–water partition coefficient (Wildman–Crippen LogP) is 0.917. The zero-order valence-corrected chi connectivity index (χ0v) is 24.2. The molecule has 2 aromatic carbocycles. The van der Waals surface area contributed by atoms with Crippen molar-refractivity contribution in [3.05, 3.63) is 54.1 Å². The number of nitrogens with one attached hydrogen (secondary N) is 3. The fourth-order valence-electron chi connectivity index (χ4n) is 4.32. The number of aliphatic hydroxyl groups is 1. The van der Waals surface area contributed by atoms with E-state index in [1.54, 1.807) is 20.0 Å². The van der Waals surface area contributed by atoms with Crippen molar-refractivity contribution in [3.63, 3.8) is 0 Å². The van der Waals surface area contributed by atoms with Gasteiger partial charge >= 0.3 is 0 Å². The maximum atomic E-state index is 13.8. The third-order valence-electron chi connectivity index (χ3n) is 6.31. The Labute approximate surface area is 236 Å². The molecule has 40 heavy (non-hydrogen) atoms. The van der Waals surface area contributed by atoms with E-state index in [9.17, 15) is 23.1 Å². The molecule has 0 aromatic heterocycles. The van der Waals surface area contributed by atoms with Crippen molar-refractivity contribution in [1.29, 1.82) is 0 Å². The molecule has 0 bridgehead atoms. The van der Waals surface area contributed by atoms with Gasteiger partial charge in [-0.05, 0) is 44.0 Å². The fraction of sp³-hybridized carbons (Fsp3) is 0.500. The van der Waals surface area contributed by atoms with Crippen LogP contribution in [0.1, 0.15) is 26.3 Å². The van der Waals surface area contributed by atoms with Crippen molar-refractivity contribution in [1.82, 2.24) is 20.3 Å². The number of carbonyl (C=O) groups is 2. The fourth-order valence-corrected chi connectivity index (χ4v) is 5.96. The molecule has 3 rings (SSSR count). The van der Waals surface area contributed by atoms with Crippen LogP contribution in [0.5, 0.6) is 11.5 Å². The summed E-state index contributed by atoms with van der Waals surface area (Å²) in [4.78, 5) is 25.0. The number of likely N-dealkylation sites (N-methyl/N-ethyl adjacent to an activating group) is 1. The number of sulfonamides is 1. The van der Waals surface area contributed by atoms with Gasteiger partial charge in [-0.2, -0.15) is 4.31 Å². The first-order valence-corrected chi connectivity index (χ1v) is 14.8. The normalized spacial score (nSPS) is 15.4. The van der Waals surface area contributed by atoms with Crippen LogP contribution in [-0.4, -0.2) is 87.7 Å². The second kappa shape index (κ2) is 14.4. The Morgan fingerprint density at radius 3 is 2.30 bits per heavy atom. The minimum atomic E-state index is -4.04. The summed E-state index contributed by atoms with van der Waals surface area (Å²) in [7, 11) is -2.41. The van der Waals surface area contributed by atoms with E-state index >= 15 is 0 Å². The molecule has 220 valence electrons. The van der Waals surface area contributed by atoms with E-state index in [1.807, 2.05) is 44.2 Å². The summed E-state index contributed by atoms with van der Waals surface area (Å²) < 4.78 is 39.8. The molecule has 0 unspecified atom stereocenters. The van der Waals surface area contributed by atoms with Gasteiger partial charge in [0.2, 0.25) is 21.8 Å². The molecule has 2 aromatic rings. The van der Waals surface area contributed by atoms with E-state index in [0.717, 1.165) is 5.56 Å². The molecule has 3 atom stereocenters. The molecule has 11 nitrogen and oxygen atoms in total. The number of aliphatic hydroxyl groups excluding tert-OH is 1. The largest absolute Gasteiger partial charge is 0.486 e. The molecular formula is C28H40N4O7S. The highest BCUT2D eigenvalue weighted by molar-refractivity contribution is 7.89. The third kappa shape index (κ3) is 8.65. The molecule has 0 saturated carbocycles. The molecule has 0 saturated heterocycles. The molecule has 0 fully saturated rings. The van der Waals surface area contributed by atoms with Crippen molar-refractivity contribution in [3.8, 4) is 11.5 Å². The van der Waals surface area contributed by atoms with Crippen LogP contribution < -0.4 is 25.4 Å². The van der Waals surface area contributed by atoms with Gasteiger partial charge in [-0.1, -0.05) is 44.2 Å². The monoisotopic (exact) mass is 576 g/mol. The summed E-state index contributed by atoms with van der Waals surface area (Å²) in [5, 5.41) is 19.5. The quantitative estimate of drug-likeness (QED) is 0.260. The molecule has 1 aliphatic heterocycles. The predicted molar refractivity (Wildman–Crippen MR) is 151 cm³/mol. The van der Waals surface area contributed by atoms with E-state index in [1.165, 1.54) is 16.4 Å². The molecule has 1 heterocycles. The van der Waals surface area contributed by atoms with Gasteiger partial charge in [-0.15, -0.1) is 0 Å². The smallest absolute Gasteiger partial charge is 0.243 e. The summed E-state index contributed by atoms with van der Waals surface area (Å²) in [5.74, 6) is -0.0552. The third-order valence-corrected chi connectivity index (χ3v) is 8.14. The van der Waals surface area contributed by atoms with Crippen LogP contribution in [-0.2, 0) is 26.0 Å². The van der Waals surface area contributed by atoms with Gasteiger partial charge in [-0.3, -0.25) is 9.59 Å². The molecule has 0 aliphatic carbocycles. The van der Waals surface area contributed by atoms with Gasteiger partial charge in [-0.25, -0.2) is 8.42 Å². The molecule has 12 heteroatoms. The average molecular weight is 577 g/mol. The number of hydrogen-bond donors (Lipinski definition) is 4. The Kier molecular flexibility index (Phi) is 11.3. The second-order valence-corrected chi connectivity index (χ2v) is 12.2. The highest BCUT2D eigenvalue weighted by Crippen LogP contribution is 2.33. The van der Waals surface area contributed by atoms with Crippen LogP contribution in [0.4, 0.5) is 0 Å². The Morgan fingerprint density at radius 2 is 1.65 bits per heavy atom. The Bertz CT molecular complexity index is 1240. The Hall–Kier alpha value is -3.19. The number of ether oxygens (including phenoxy) is 2. The maximum absolute atomic E-state index is 13.8. The van der Waals surface area contributed by atoms with Gasteiger partial charge in [0.05, 0.1) is 23.6 Å². The number of amides is 2. The van der Waals surface area contributed by atoms with Crippen molar-refractivity contribution >= 4 is 21.8 Å². The van der Waals surface area contributed by atoms with Crippen LogP contribution >= 0.6 is 0 Å². The summed E-state index contributed by atoms with van der Waals surface area (Å²) in [6, 6.07) is 12.0. The van der Waals surface area contributed by atoms with Crippen molar-refractivity contribution < 1.29 is 32.6 Å². The van der Waals surface area contributed by atoms with Gasteiger partial charge < -0.3 is 30.5 Å². The summed E-state index contributed by atoms with van der Waals surface area (Å²) in [5.41, 5.74) is 0.851. The Morgan fingerprint density at radius 1 is 0.975 bits per heavy atom. The van der Waals surface area contributed by atoms with Crippen LogP contribution in [0.15, 0.2) is 53.4 Å². The number of benzene rings is 2. The standard InChI is InChI=1S/C28H40N4O7S/c1-19(2)17-32(40(36,37)22-10-11-25-26(15-22)39-13-12-38-25)18-24(33)23(14-21-8-6-5-7-9-21)31-28(35)20(3)30-27(34)16-29-4/h5-11,15,19-20,23-24,29,33H,12-14,16-18H2,1-4H3,(H,30,34)(H,31,35)/t20-,23-,24+/m0/s1. The molecular weight excluding hydrogens is 536 g/mol. The van der Waals surface area contributed by atoms with Crippen LogP contribution in [0.25, 0.3) is 0 Å². The van der Waals surface area contributed by atoms with E-state index < -0.39 is 34.1 Å². The van der Waals surface area contributed by atoms with Crippen LogP contribution in [0.3, 0.4) is 0 Å². The SMILES string of the molecule is CNCC(=O)N[C@@H](C)C(=O)N[C@@H](Cc1ccccc1)[C@H](O)CN(CC(C)C)S(=O)(=O)c1ccc2c(c1)OCCO2. The van der Waals surface area contributed by atoms with E-state index in [0.29, 0.717) is 24.7 Å². The van der Waals surface area contributed by atoms with Crippen LogP contribution in [0, 0.1) is 5.92 Å². The first-order chi connectivity index (χ1) is 19.0. The number of hydrogen-bond acceptors (Lipinski definition) is 8. The van der Waals surface area contributed by atoms with Crippen molar-refractivity contribution in [2.75, 3.05) is 39.9 Å². The number of fused-ring (bicyclic) bond motifs is 1. The first kappa shape index (κ1) is 31.3. The van der Waals surface area contributed by atoms with E-state index in [4.69, 9.17) is 9.47 Å². The minimum absolute atomic E-state index is 0.0223. The number of carbonyl (C=O) groups excluding carboxylic acids is 2. The van der Waals surface area contributed by atoms with Gasteiger partial charge in [0.15, 0.2) is 11.5 Å². The lowest BCUT2D eigenvalue weighted by molar-refractivity contribution is -0.129. The lowest BCUT2D eigenvalue weighted by Gasteiger charge is -2.31. The maximum Gasteiger partial charge on any atom is 0.243 e. The first-order valence-electron chi connectivity index (χ1n) is 13.4. The molecule has 2 amide bonds. The zero-order chi connectivity index (χ0) is 29.3. The van der Waals surface area contributed by atoms with Crippen molar-refractivity contribution in [2.24, 2.45) is 5.92 Å². The minimum Gasteiger partial charge on any atom is -0.486 e. The van der Waals surface area contributed by atoms with Gasteiger partial charge in [0, 0.05) is 19.2 Å². The zero-order valence-electron chi connectivity index (χ0n) is 23.4. The summed E-state index contributed by atoms with van der Waals surface area (Å²) in [6.45, 7) is 5.97. The van der Waals surface area contributed by atoms with E-state index in [-0.39, 0.29) is 42.8 Å². The number of rotatable bonds is 14. The summed E-state index contributed by atoms with van der Waals surface area (Å²) >= 11 is 0. The van der Waals surface area contributed by atoms with Gasteiger partial charge in [0.1, 0.15) is 19.3 Å². The molecule has 0 radical (unpaired) electrons. The second-order valence-electron chi connectivity index (χ2n) is 10.2. The lowest BCUT2D eigenvalue weighted by Crippen LogP contribution is -2.55.